The van der Waals surface area contributed by atoms with E-state index in [0.29, 0.717) is 6.04 Å². The first kappa shape index (κ1) is 21.7. The van der Waals surface area contributed by atoms with Crippen molar-refractivity contribution in [1.29, 1.82) is 0 Å². The first-order valence-corrected chi connectivity index (χ1v) is 12.5. The number of piperazine rings is 1. The van der Waals surface area contributed by atoms with Crippen LogP contribution in [0.15, 0.2) is 46.2 Å². The van der Waals surface area contributed by atoms with Gasteiger partial charge in [-0.1, -0.05) is 23.4 Å². The van der Waals surface area contributed by atoms with Gasteiger partial charge in [-0.15, -0.1) is 0 Å². The van der Waals surface area contributed by atoms with Crippen LogP contribution in [-0.4, -0.2) is 52.2 Å². The minimum Gasteiger partial charge on any atom is -0.352 e. The molecule has 3 aliphatic heterocycles. The van der Waals surface area contributed by atoms with E-state index in [1.54, 1.807) is 33.7 Å². The number of hydrogen-bond donors (Lipinski definition) is 2. The molecule has 2 fully saturated rings. The normalized spacial score (nSPS) is 26.7. The molecule has 0 amide bonds. The van der Waals surface area contributed by atoms with Gasteiger partial charge in [0.05, 0.1) is 19.8 Å². The third kappa shape index (κ3) is 5.10. The summed E-state index contributed by atoms with van der Waals surface area (Å²) in [6, 6.07) is 11.7. The number of halogens is 2. The van der Waals surface area contributed by atoms with Gasteiger partial charge < -0.3 is 19.3 Å². The van der Waals surface area contributed by atoms with E-state index in [1.807, 2.05) is 12.1 Å². The van der Waals surface area contributed by atoms with Crippen molar-refractivity contribution in [1.82, 2.24) is 0 Å². The van der Waals surface area contributed by atoms with Crippen molar-refractivity contribution in [2.75, 3.05) is 45.9 Å². The molecule has 0 unspecified atom stereocenters. The Morgan fingerprint density at radius 1 is 1.00 bits per heavy atom. The summed E-state index contributed by atoms with van der Waals surface area (Å²) in [5.41, 5.74) is 2.54. The van der Waals surface area contributed by atoms with Crippen LogP contribution in [0.5, 0.6) is 0 Å². The molecule has 0 bridgehead atoms. The molecule has 31 heavy (non-hydrogen) atoms. The van der Waals surface area contributed by atoms with Gasteiger partial charge in [0.2, 0.25) is 0 Å². The van der Waals surface area contributed by atoms with Crippen molar-refractivity contribution < 1.29 is 23.7 Å². The average Bonchev–Trinajstić information content (AvgIpc) is 2.94. The van der Waals surface area contributed by atoms with Crippen LogP contribution in [0.1, 0.15) is 30.0 Å². The smallest absolute Gasteiger partial charge is 0.162 e. The van der Waals surface area contributed by atoms with Crippen LogP contribution >= 0.6 is 23.4 Å². The highest BCUT2D eigenvalue weighted by Gasteiger charge is 2.35. The van der Waals surface area contributed by atoms with Gasteiger partial charge in [-0.3, -0.25) is 0 Å². The molecule has 3 heterocycles. The second-order valence-corrected chi connectivity index (χ2v) is 10.3. The zero-order chi connectivity index (χ0) is 21.2. The first-order valence-electron chi connectivity index (χ1n) is 11.3. The van der Waals surface area contributed by atoms with E-state index in [-0.39, 0.29) is 12.1 Å². The Labute approximate surface area is 192 Å². The Kier molecular flexibility index (Phi) is 6.84. The van der Waals surface area contributed by atoms with Crippen LogP contribution in [0.4, 0.5) is 4.39 Å². The molecule has 166 valence electrons. The molecule has 0 saturated carbocycles. The van der Waals surface area contributed by atoms with Gasteiger partial charge in [0.1, 0.15) is 38.0 Å². The highest BCUT2D eigenvalue weighted by atomic mass is 35.5. The van der Waals surface area contributed by atoms with Crippen molar-refractivity contribution in [2.24, 2.45) is 0 Å². The summed E-state index contributed by atoms with van der Waals surface area (Å²) in [6.45, 7) is 7.26. The Bertz CT molecular complexity index is 916. The quantitative estimate of drug-likeness (QED) is 0.726. The van der Waals surface area contributed by atoms with Gasteiger partial charge in [0.15, 0.2) is 6.29 Å². The molecule has 0 aliphatic carbocycles. The Morgan fingerprint density at radius 3 is 2.61 bits per heavy atom. The first-order chi connectivity index (χ1) is 15.2. The van der Waals surface area contributed by atoms with Crippen molar-refractivity contribution in [2.45, 2.75) is 41.4 Å². The molecular weight excluding hydrogens is 435 g/mol. The fourth-order valence-electron chi connectivity index (χ4n) is 5.05. The van der Waals surface area contributed by atoms with Gasteiger partial charge in [0.25, 0.3) is 0 Å². The third-order valence-corrected chi connectivity index (χ3v) is 8.17. The predicted octanol–water partition coefficient (Wildman–Crippen LogP) is 2.16. The molecule has 0 aromatic heterocycles. The lowest BCUT2D eigenvalue weighted by molar-refractivity contribution is -1.03. The number of fused-ring (bicyclic) bond motifs is 2. The molecule has 3 aliphatic rings. The fraction of sp³-hybridized carbons (Fsp3) is 0.500. The Balaban J connectivity index is 1.29. The van der Waals surface area contributed by atoms with E-state index < -0.39 is 0 Å². The molecule has 0 spiro atoms. The summed E-state index contributed by atoms with van der Waals surface area (Å²) in [5, 5.41) is 0.770. The Morgan fingerprint density at radius 2 is 1.81 bits per heavy atom. The standard InChI is InChI=1S/C24H28ClFN2O2S/c25-18-2-5-22-17(14-18)15-21(20-4-3-19(26)16-23(20)31-22)28-10-8-27(9-11-28)7-6-24-29-12-1-13-30-24/h2-5,14,16,21,24H,1,6-13,15H2/p+2/t21-/m0/s1. The molecule has 7 heteroatoms. The van der Waals surface area contributed by atoms with Crippen molar-refractivity contribution in [3.63, 3.8) is 0 Å². The maximum atomic E-state index is 14.1. The minimum atomic E-state index is -0.168. The number of quaternary nitrogens is 2. The molecule has 1 atom stereocenters. The van der Waals surface area contributed by atoms with Gasteiger partial charge >= 0.3 is 0 Å². The lowest BCUT2D eigenvalue weighted by Gasteiger charge is -2.35. The van der Waals surface area contributed by atoms with Gasteiger partial charge in [-0.25, -0.2) is 4.39 Å². The van der Waals surface area contributed by atoms with Crippen molar-refractivity contribution in [3.8, 4) is 0 Å². The maximum Gasteiger partial charge on any atom is 0.162 e. The number of ether oxygens (including phenoxy) is 2. The van der Waals surface area contributed by atoms with E-state index in [9.17, 15) is 4.39 Å². The topological polar surface area (TPSA) is 27.3 Å². The third-order valence-electron chi connectivity index (χ3n) is 6.74. The number of benzene rings is 2. The fourth-order valence-corrected chi connectivity index (χ4v) is 6.39. The highest BCUT2D eigenvalue weighted by molar-refractivity contribution is 7.99. The summed E-state index contributed by atoms with van der Waals surface area (Å²) >= 11 is 7.99. The van der Waals surface area contributed by atoms with Crippen LogP contribution in [0.25, 0.3) is 0 Å². The van der Waals surface area contributed by atoms with Gasteiger partial charge in [-0.2, -0.15) is 0 Å². The number of rotatable bonds is 4. The predicted molar refractivity (Wildman–Crippen MR) is 120 cm³/mol. The SMILES string of the molecule is Fc1ccc2c(c1)Sc1ccc(Cl)cc1C[C@@H]2[NH+]1CC[NH+](CCC2OCCCO2)CC1. The van der Waals surface area contributed by atoms with Crippen molar-refractivity contribution >= 4 is 23.4 Å². The summed E-state index contributed by atoms with van der Waals surface area (Å²) in [6.07, 6.45) is 2.90. The van der Waals surface area contributed by atoms with E-state index in [1.165, 1.54) is 16.0 Å². The molecule has 2 saturated heterocycles. The lowest BCUT2D eigenvalue weighted by atomic mass is 9.96. The summed E-state index contributed by atoms with van der Waals surface area (Å²) in [7, 11) is 0. The molecule has 2 N–H and O–H groups in total. The summed E-state index contributed by atoms with van der Waals surface area (Å²) in [5.74, 6) is -0.168. The largest absolute Gasteiger partial charge is 0.352 e. The van der Waals surface area contributed by atoms with Crippen molar-refractivity contribution in [3.05, 3.63) is 58.4 Å². The highest BCUT2D eigenvalue weighted by Crippen LogP contribution is 2.41. The maximum absolute atomic E-state index is 14.1. The molecular formula is C24H30ClFN2O2S+2. The van der Waals surface area contributed by atoms with E-state index >= 15 is 0 Å². The summed E-state index contributed by atoms with van der Waals surface area (Å²) in [4.78, 5) is 5.46. The van der Waals surface area contributed by atoms with E-state index in [2.05, 4.69) is 12.1 Å². The molecule has 2 aromatic carbocycles. The second-order valence-electron chi connectivity index (χ2n) is 8.76. The van der Waals surface area contributed by atoms with Crippen LogP contribution in [0.2, 0.25) is 5.02 Å². The van der Waals surface area contributed by atoms with Crippen LogP contribution in [0.3, 0.4) is 0 Å². The molecule has 0 radical (unpaired) electrons. The zero-order valence-corrected chi connectivity index (χ0v) is 19.2. The number of nitrogens with one attached hydrogen (secondary N) is 2. The van der Waals surface area contributed by atoms with Gasteiger partial charge in [-0.05, 0) is 48.4 Å². The average molecular weight is 465 g/mol. The molecule has 5 rings (SSSR count). The lowest BCUT2D eigenvalue weighted by Crippen LogP contribution is -3.28. The Hall–Kier alpha value is -1.15. The zero-order valence-electron chi connectivity index (χ0n) is 17.7. The molecule has 2 aromatic rings. The second kappa shape index (κ2) is 9.77. The minimum absolute atomic E-state index is 0.0199. The van der Waals surface area contributed by atoms with Crippen LogP contribution in [-0.2, 0) is 15.9 Å². The van der Waals surface area contributed by atoms with E-state index in [0.717, 1.165) is 75.1 Å². The number of hydrogen-bond acceptors (Lipinski definition) is 3. The van der Waals surface area contributed by atoms with Crippen LogP contribution < -0.4 is 9.80 Å². The van der Waals surface area contributed by atoms with Gasteiger partial charge in [0, 0.05) is 33.2 Å². The van der Waals surface area contributed by atoms with Crippen LogP contribution in [0, 0.1) is 5.82 Å². The molecule has 4 nitrogen and oxygen atoms in total. The summed E-state index contributed by atoms with van der Waals surface area (Å²) < 4.78 is 25.5. The van der Waals surface area contributed by atoms with E-state index in [4.69, 9.17) is 21.1 Å². The monoisotopic (exact) mass is 464 g/mol.